The van der Waals surface area contributed by atoms with E-state index in [2.05, 4.69) is 0 Å². The third-order valence-corrected chi connectivity index (χ3v) is 5.58. The largest absolute Gasteiger partial charge is 0.500 e. The van der Waals surface area contributed by atoms with Crippen LogP contribution in [0.2, 0.25) is 0 Å². The fraction of sp³-hybridized carbons (Fsp3) is 0.158. The van der Waals surface area contributed by atoms with Gasteiger partial charge in [-0.3, -0.25) is 19.8 Å². The van der Waals surface area contributed by atoms with Gasteiger partial charge in [0.25, 0.3) is 5.91 Å². The maximum Gasteiger partial charge on any atom is 0.315 e. The molecule has 2 heterocycles. The van der Waals surface area contributed by atoms with E-state index in [1.165, 1.54) is 23.1 Å². The van der Waals surface area contributed by atoms with E-state index < -0.39 is 16.4 Å². The zero-order valence-corrected chi connectivity index (χ0v) is 17.1. The van der Waals surface area contributed by atoms with Crippen LogP contribution < -0.4 is 19.1 Å². The van der Waals surface area contributed by atoms with Gasteiger partial charge in [0.05, 0.1) is 22.1 Å². The number of nitro groups is 1. The SMILES string of the molecule is CCOc1cc(/C=C2\SC(=S)N(c3ccc4c(c3)OCO4)C2=O)cc([N+](=O)[O-])c1O. The molecule has 1 fully saturated rings. The zero-order chi connectivity index (χ0) is 21.4. The van der Waals surface area contributed by atoms with E-state index in [9.17, 15) is 20.0 Å². The van der Waals surface area contributed by atoms with Crippen molar-refractivity contribution in [3.63, 3.8) is 0 Å². The van der Waals surface area contributed by atoms with Gasteiger partial charge in [-0.05, 0) is 36.8 Å². The molecule has 9 nitrogen and oxygen atoms in total. The van der Waals surface area contributed by atoms with Crippen molar-refractivity contribution in [3.8, 4) is 23.0 Å². The lowest BCUT2D eigenvalue weighted by molar-refractivity contribution is -0.386. The summed E-state index contributed by atoms with van der Waals surface area (Å²) in [5.41, 5.74) is 0.337. The highest BCUT2D eigenvalue weighted by Crippen LogP contribution is 2.42. The number of rotatable bonds is 5. The fourth-order valence-corrected chi connectivity index (χ4v) is 4.27. The average Bonchev–Trinajstić information content (AvgIpc) is 3.27. The van der Waals surface area contributed by atoms with Crippen LogP contribution in [0.4, 0.5) is 11.4 Å². The quantitative estimate of drug-likeness (QED) is 0.317. The first-order chi connectivity index (χ1) is 14.4. The molecule has 2 aromatic rings. The number of anilines is 1. The maximum absolute atomic E-state index is 13.0. The van der Waals surface area contributed by atoms with Gasteiger partial charge in [-0.2, -0.15) is 0 Å². The van der Waals surface area contributed by atoms with E-state index in [0.29, 0.717) is 27.1 Å². The Morgan fingerprint density at radius 2 is 2.10 bits per heavy atom. The van der Waals surface area contributed by atoms with Gasteiger partial charge >= 0.3 is 5.69 Å². The standard InChI is InChI=1S/C19H14N2O7S2/c1-2-26-15-6-10(5-12(17(15)22)21(24)25)7-16-18(23)20(19(29)30-16)11-3-4-13-14(8-11)28-9-27-13/h3-8,22H,2,9H2,1H3/b16-7-. The second kappa shape index (κ2) is 7.84. The van der Waals surface area contributed by atoms with E-state index in [1.54, 1.807) is 25.1 Å². The maximum atomic E-state index is 13.0. The molecule has 0 unspecified atom stereocenters. The summed E-state index contributed by atoms with van der Waals surface area (Å²) in [5.74, 6) is 0.120. The summed E-state index contributed by atoms with van der Waals surface area (Å²) in [6.07, 6.45) is 1.47. The van der Waals surface area contributed by atoms with Crippen LogP contribution in [0.25, 0.3) is 6.08 Å². The number of hydrogen-bond donors (Lipinski definition) is 1. The van der Waals surface area contributed by atoms with E-state index in [0.717, 1.165) is 11.8 Å². The molecule has 2 aliphatic heterocycles. The third kappa shape index (κ3) is 3.53. The van der Waals surface area contributed by atoms with Crippen LogP contribution in [0.3, 0.4) is 0 Å². The molecule has 0 radical (unpaired) electrons. The predicted molar refractivity (Wildman–Crippen MR) is 114 cm³/mol. The van der Waals surface area contributed by atoms with Crippen molar-refractivity contribution in [1.82, 2.24) is 0 Å². The number of aromatic hydroxyl groups is 1. The number of thiocarbonyl (C=S) groups is 1. The number of carbonyl (C=O) groups is 1. The van der Waals surface area contributed by atoms with Crippen LogP contribution in [0.15, 0.2) is 35.2 Å². The lowest BCUT2D eigenvalue weighted by Gasteiger charge is -2.14. The number of benzene rings is 2. The Hall–Kier alpha value is -3.31. The van der Waals surface area contributed by atoms with E-state index in [-0.39, 0.29) is 30.0 Å². The van der Waals surface area contributed by atoms with Gasteiger partial charge < -0.3 is 19.3 Å². The number of ether oxygens (including phenoxy) is 3. The molecular weight excluding hydrogens is 432 g/mol. The first-order valence-electron chi connectivity index (χ1n) is 8.71. The second-order valence-corrected chi connectivity index (χ2v) is 7.81. The van der Waals surface area contributed by atoms with Crippen molar-refractivity contribution >= 4 is 51.7 Å². The minimum absolute atomic E-state index is 0.0378. The normalized spacial score (nSPS) is 16.4. The van der Waals surface area contributed by atoms with Crippen molar-refractivity contribution in [3.05, 3.63) is 50.9 Å². The summed E-state index contributed by atoms with van der Waals surface area (Å²) >= 11 is 6.42. The monoisotopic (exact) mass is 446 g/mol. The number of phenols is 1. The number of nitro benzene ring substituents is 1. The number of fused-ring (bicyclic) bond motifs is 1. The molecule has 0 aromatic heterocycles. The van der Waals surface area contributed by atoms with E-state index in [4.69, 9.17) is 26.4 Å². The molecule has 0 saturated carbocycles. The van der Waals surface area contributed by atoms with Gasteiger partial charge in [0.15, 0.2) is 21.6 Å². The Bertz CT molecular complexity index is 1120. The van der Waals surface area contributed by atoms with Gasteiger partial charge in [0.2, 0.25) is 12.5 Å². The molecule has 0 atom stereocenters. The zero-order valence-electron chi connectivity index (χ0n) is 15.5. The molecule has 1 saturated heterocycles. The van der Waals surface area contributed by atoms with Crippen LogP contribution in [0, 0.1) is 10.1 Å². The smallest absolute Gasteiger partial charge is 0.315 e. The number of carbonyl (C=O) groups excluding carboxylic acids is 1. The third-order valence-electron chi connectivity index (χ3n) is 4.28. The molecule has 30 heavy (non-hydrogen) atoms. The minimum Gasteiger partial charge on any atom is -0.500 e. The summed E-state index contributed by atoms with van der Waals surface area (Å²) in [4.78, 5) is 25.2. The fourth-order valence-electron chi connectivity index (χ4n) is 2.97. The molecule has 1 N–H and O–H groups in total. The molecule has 4 rings (SSSR count). The van der Waals surface area contributed by atoms with Crippen LogP contribution in [0.5, 0.6) is 23.0 Å². The Morgan fingerprint density at radius 1 is 1.33 bits per heavy atom. The van der Waals surface area contributed by atoms with Gasteiger partial charge in [-0.15, -0.1) is 0 Å². The Labute approximate surface area is 180 Å². The van der Waals surface area contributed by atoms with Crippen molar-refractivity contribution in [2.24, 2.45) is 0 Å². The van der Waals surface area contributed by atoms with Crippen LogP contribution in [-0.4, -0.2) is 33.7 Å². The van der Waals surface area contributed by atoms with Crippen LogP contribution in [0.1, 0.15) is 12.5 Å². The molecule has 154 valence electrons. The van der Waals surface area contributed by atoms with Gasteiger partial charge in [0.1, 0.15) is 0 Å². The lowest BCUT2D eigenvalue weighted by atomic mass is 10.1. The molecule has 0 bridgehead atoms. The average molecular weight is 446 g/mol. The Morgan fingerprint density at radius 3 is 2.83 bits per heavy atom. The lowest BCUT2D eigenvalue weighted by Crippen LogP contribution is -2.27. The highest BCUT2D eigenvalue weighted by Gasteiger charge is 2.34. The van der Waals surface area contributed by atoms with Crippen LogP contribution >= 0.6 is 24.0 Å². The van der Waals surface area contributed by atoms with Crippen molar-refractivity contribution < 1.29 is 29.0 Å². The predicted octanol–water partition coefficient (Wildman–Crippen LogP) is 3.83. The Balaban J connectivity index is 1.69. The van der Waals surface area contributed by atoms with E-state index >= 15 is 0 Å². The topological polar surface area (TPSA) is 111 Å². The number of phenolic OH excluding ortho intramolecular Hbond substituents is 1. The minimum atomic E-state index is -0.715. The summed E-state index contributed by atoms with van der Waals surface area (Å²) in [7, 11) is 0. The highest BCUT2D eigenvalue weighted by atomic mass is 32.2. The molecule has 11 heteroatoms. The summed E-state index contributed by atoms with van der Waals surface area (Å²) in [6, 6.07) is 7.65. The van der Waals surface area contributed by atoms with Gasteiger partial charge in [0, 0.05) is 12.1 Å². The van der Waals surface area contributed by atoms with Crippen LogP contribution in [-0.2, 0) is 4.79 Å². The molecular formula is C19H14N2O7S2. The summed E-state index contributed by atoms with van der Waals surface area (Å²) < 4.78 is 16.2. The molecule has 1 amide bonds. The molecule has 0 spiro atoms. The number of hydrogen-bond acceptors (Lipinski definition) is 9. The molecule has 2 aliphatic rings. The van der Waals surface area contributed by atoms with E-state index in [1.807, 2.05) is 0 Å². The van der Waals surface area contributed by atoms with Gasteiger partial charge in [-0.25, -0.2) is 0 Å². The summed E-state index contributed by atoms with van der Waals surface area (Å²) in [6.45, 7) is 2.01. The molecule has 2 aromatic carbocycles. The number of thioether (sulfide) groups is 1. The highest BCUT2D eigenvalue weighted by molar-refractivity contribution is 8.27. The van der Waals surface area contributed by atoms with Crippen molar-refractivity contribution in [2.75, 3.05) is 18.3 Å². The van der Waals surface area contributed by atoms with Crippen molar-refractivity contribution in [1.29, 1.82) is 0 Å². The first kappa shape index (κ1) is 20.0. The second-order valence-electron chi connectivity index (χ2n) is 6.13. The van der Waals surface area contributed by atoms with Gasteiger partial charge in [-0.1, -0.05) is 24.0 Å². The first-order valence-corrected chi connectivity index (χ1v) is 9.93. The molecule has 0 aliphatic carbocycles. The number of nitrogens with zero attached hydrogens (tertiary/aromatic N) is 2. The number of amides is 1. The Kier molecular flexibility index (Phi) is 5.22. The summed E-state index contributed by atoms with van der Waals surface area (Å²) in [5, 5.41) is 21.3. The van der Waals surface area contributed by atoms with Crippen molar-refractivity contribution in [2.45, 2.75) is 6.92 Å².